The van der Waals surface area contributed by atoms with Gasteiger partial charge in [0.1, 0.15) is 5.15 Å². The summed E-state index contributed by atoms with van der Waals surface area (Å²) < 4.78 is 4.84. The predicted molar refractivity (Wildman–Crippen MR) is 56.1 cm³/mol. The lowest BCUT2D eigenvalue weighted by atomic mass is 10.6. The third kappa shape index (κ3) is 3.04. The number of hydrogen-bond acceptors (Lipinski definition) is 5. The maximum atomic E-state index is 10.9. The Kier molecular flexibility index (Phi) is 3.97. The van der Waals surface area contributed by atoms with Crippen LogP contribution in [0.2, 0.25) is 5.15 Å². The summed E-state index contributed by atoms with van der Waals surface area (Å²) in [4.78, 5) is 18.6. The normalized spacial score (nSPS) is 9.64. The van der Waals surface area contributed by atoms with Gasteiger partial charge in [0.25, 0.3) is 0 Å². The molecule has 1 aromatic heterocycles. The predicted octanol–water partition coefficient (Wildman–Crippen LogP) is 1.01. The standard InChI is InChI=1S/C7H8ClN3O2S/c1-13-6-2-4(8)9-7(11-6)10-5(12)3-14/h2,14H,3H2,1H3,(H,9,10,11,12). The number of aromatic nitrogens is 2. The second kappa shape index (κ2) is 5.02. The molecule has 1 aromatic rings. The highest BCUT2D eigenvalue weighted by Gasteiger charge is 2.05. The van der Waals surface area contributed by atoms with Crippen molar-refractivity contribution in [3.63, 3.8) is 0 Å². The number of carbonyl (C=O) groups excluding carboxylic acids is 1. The Bertz CT molecular complexity index is 348. The van der Waals surface area contributed by atoms with E-state index in [1.807, 2.05) is 0 Å². The van der Waals surface area contributed by atoms with Gasteiger partial charge in [-0.3, -0.25) is 10.1 Å². The van der Waals surface area contributed by atoms with Crippen LogP contribution in [0.4, 0.5) is 5.95 Å². The third-order valence-corrected chi connectivity index (χ3v) is 1.76. The Morgan fingerprint density at radius 1 is 1.71 bits per heavy atom. The van der Waals surface area contributed by atoms with Gasteiger partial charge in [-0.05, 0) is 0 Å². The van der Waals surface area contributed by atoms with E-state index in [0.717, 1.165) is 0 Å². The molecule has 0 fully saturated rings. The number of anilines is 1. The van der Waals surface area contributed by atoms with Gasteiger partial charge >= 0.3 is 0 Å². The smallest absolute Gasteiger partial charge is 0.236 e. The maximum absolute atomic E-state index is 10.9. The van der Waals surface area contributed by atoms with Gasteiger partial charge in [-0.1, -0.05) is 11.6 Å². The fourth-order valence-corrected chi connectivity index (χ4v) is 0.974. The Morgan fingerprint density at radius 2 is 2.43 bits per heavy atom. The number of carbonyl (C=O) groups is 1. The number of rotatable bonds is 3. The molecule has 5 nitrogen and oxygen atoms in total. The Morgan fingerprint density at radius 3 is 3.00 bits per heavy atom. The molecule has 0 unspecified atom stereocenters. The quantitative estimate of drug-likeness (QED) is 0.604. The first-order valence-electron chi connectivity index (χ1n) is 3.65. The van der Waals surface area contributed by atoms with E-state index >= 15 is 0 Å². The number of methoxy groups -OCH3 is 1. The van der Waals surface area contributed by atoms with E-state index in [4.69, 9.17) is 16.3 Å². The van der Waals surface area contributed by atoms with Crippen molar-refractivity contribution in [1.29, 1.82) is 0 Å². The Labute approximate surface area is 91.2 Å². The number of nitrogens with one attached hydrogen (secondary N) is 1. The van der Waals surface area contributed by atoms with Crippen molar-refractivity contribution < 1.29 is 9.53 Å². The zero-order chi connectivity index (χ0) is 10.6. The van der Waals surface area contributed by atoms with E-state index in [1.54, 1.807) is 0 Å². The number of hydrogen-bond donors (Lipinski definition) is 2. The van der Waals surface area contributed by atoms with Gasteiger partial charge in [0.15, 0.2) is 0 Å². The van der Waals surface area contributed by atoms with E-state index in [2.05, 4.69) is 27.9 Å². The van der Waals surface area contributed by atoms with Crippen LogP contribution in [-0.4, -0.2) is 28.7 Å². The van der Waals surface area contributed by atoms with E-state index in [-0.39, 0.29) is 22.8 Å². The summed E-state index contributed by atoms with van der Waals surface area (Å²) in [5.74, 6) is 0.142. The summed E-state index contributed by atoms with van der Waals surface area (Å²) in [6.07, 6.45) is 0. The first kappa shape index (κ1) is 11.1. The molecular weight excluding hydrogens is 226 g/mol. The van der Waals surface area contributed by atoms with Crippen molar-refractivity contribution >= 4 is 36.1 Å². The fourth-order valence-electron chi connectivity index (χ4n) is 0.722. The van der Waals surface area contributed by atoms with Gasteiger partial charge in [-0.2, -0.15) is 17.6 Å². The van der Waals surface area contributed by atoms with Crippen molar-refractivity contribution in [2.45, 2.75) is 0 Å². The van der Waals surface area contributed by atoms with Crippen LogP contribution in [0.25, 0.3) is 0 Å². The second-order valence-corrected chi connectivity index (χ2v) is 2.97. The zero-order valence-corrected chi connectivity index (χ0v) is 8.97. The van der Waals surface area contributed by atoms with Gasteiger partial charge in [0.05, 0.1) is 12.9 Å². The van der Waals surface area contributed by atoms with Crippen LogP contribution >= 0.6 is 24.2 Å². The van der Waals surface area contributed by atoms with E-state index in [9.17, 15) is 4.79 Å². The number of nitrogens with zero attached hydrogens (tertiary/aromatic N) is 2. The van der Waals surface area contributed by atoms with Gasteiger partial charge in [0, 0.05) is 6.07 Å². The number of halogens is 1. The molecular formula is C7H8ClN3O2S. The van der Waals surface area contributed by atoms with Crippen molar-refractivity contribution in [3.05, 3.63) is 11.2 Å². The molecule has 1 rings (SSSR count). The molecule has 1 amide bonds. The average molecular weight is 234 g/mol. The van der Waals surface area contributed by atoms with Crippen molar-refractivity contribution in [1.82, 2.24) is 9.97 Å². The van der Waals surface area contributed by atoms with Gasteiger partial charge < -0.3 is 4.74 Å². The van der Waals surface area contributed by atoms with Crippen molar-refractivity contribution in [3.8, 4) is 5.88 Å². The highest BCUT2D eigenvalue weighted by Crippen LogP contribution is 2.15. The monoisotopic (exact) mass is 233 g/mol. The largest absolute Gasteiger partial charge is 0.481 e. The number of amides is 1. The summed E-state index contributed by atoms with van der Waals surface area (Å²) in [5, 5.41) is 2.61. The lowest BCUT2D eigenvalue weighted by molar-refractivity contribution is -0.113. The maximum Gasteiger partial charge on any atom is 0.236 e. The lowest BCUT2D eigenvalue weighted by Crippen LogP contribution is -2.15. The lowest BCUT2D eigenvalue weighted by Gasteiger charge is -2.03. The van der Waals surface area contributed by atoms with Gasteiger partial charge in [0.2, 0.25) is 17.7 Å². The first-order chi connectivity index (χ1) is 6.65. The zero-order valence-electron chi connectivity index (χ0n) is 7.32. The molecule has 0 atom stereocenters. The molecule has 0 spiro atoms. The summed E-state index contributed by atoms with van der Waals surface area (Å²) >= 11 is 9.44. The number of ether oxygens (including phenoxy) is 1. The summed E-state index contributed by atoms with van der Waals surface area (Å²) in [5.41, 5.74) is 0. The Hall–Kier alpha value is -1.01. The molecule has 0 aromatic carbocycles. The van der Waals surface area contributed by atoms with Crippen molar-refractivity contribution in [2.75, 3.05) is 18.2 Å². The molecule has 0 saturated carbocycles. The Balaban J connectivity index is 2.86. The molecule has 14 heavy (non-hydrogen) atoms. The molecule has 7 heteroatoms. The van der Waals surface area contributed by atoms with E-state index < -0.39 is 0 Å². The van der Waals surface area contributed by atoms with Crippen LogP contribution < -0.4 is 10.1 Å². The van der Waals surface area contributed by atoms with Gasteiger partial charge in [-0.15, -0.1) is 0 Å². The van der Waals surface area contributed by atoms with Crippen molar-refractivity contribution in [2.24, 2.45) is 0 Å². The van der Waals surface area contributed by atoms with E-state index in [0.29, 0.717) is 5.88 Å². The highest BCUT2D eigenvalue weighted by atomic mass is 35.5. The fraction of sp³-hybridized carbons (Fsp3) is 0.286. The number of thiol groups is 1. The molecule has 0 radical (unpaired) electrons. The molecule has 0 bridgehead atoms. The molecule has 0 aliphatic heterocycles. The molecule has 0 aliphatic rings. The van der Waals surface area contributed by atoms with Crippen LogP contribution in [0.5, 0.6) is 5.88 Å². The minimum Gasteiger partial charge on any atom is -0.481 e. The first-order valence-corrected chi connectivity index (χ1v) is 4.66. The molecule has 1 heterocycles. The van der Waals surface area contributed by atoms with Crippen LogP contribution in [0.3, 0.4) is 0 Å². The van der Waals surface area contributed by atoms with Crippen LogP contribution in [0.1, 0.15) is 0 Å². The van der Waals surface area contributed by atoms with Crippen LogP contribution in [0.15, 0.2) is 6.07 Å². The second-order valence-electron chi connectivity index (χ2n) is 2.26. The summed E-state index contributed by atoms with van der Waals surface area (Å²) in [7, 11) is 1.45. The van der Waals surface area contributed by atoms with Crippen LogP contribution in [0, 0.1) is 0 Å². The third-order valence-electron chi connectivity index (χ3n) is 1.28. The molecule has 0 saturated heterocycles. The molecule has 76 valence electrons. The van der Waals surface area contributed by atoms with Crippen LogP contribution in [-0.2, 0) is 4.79 Å². The molecule has 0 aliphatic carbocycles. The SMILES string of the molecule is COc1cc(Cl)nc(NC(=O)CS)n1. The summed E-state index contributed by atoms with van der Waals surface area (Å²) in [6.45, 7) is 0. The summed E-state index contributed by atoms with van der Waals surface area (Å²) in [6, 6.07) is 1.44. The van der Waals surface area contributed by atoms with E-state index in [1.165, 1.54) is 13.2 Å². The van der Waals surface area contributed by atoms with Gasteiger partial charge in [-0.25, -0.2) is 4.98 Å². The minimum absolute atomic E-state index is 0.0538. The molecule has 1 N–H and O–H groups in total. The minimum atomic E-state index is -0.308. The highest BCUT2D eigenvalue weighted by molar-refractivity contribution is 7.81. The average Bonchev–Trinajstić information content (AvgIpc) is 2.16. The topological polar surface area (TPSA) is 64.1 Å².